The minimum Gasteiger partial charge on any atom is -0.299 e. The smallest absolute Gasteiger partial charge is 0.299 e. The summed E-state index contributed by atoms with van der Waals surface area (Å²) in [6.07, 6.45) is 4.59. The molecular formula is C11H13N3O2. The number of rotatable bonds is 3. The van der Waals surface area contributed by atoms with E-state index in [1.165, 1.54) is 10.8 Å². The maximum Gasteiger partial charge on any atom is 0.328 e. The van der Waals surface area contributed by atoms with Gasteiger partial charge in [-0.15, -0.1) is 0 Å². The molecule has 1 saturated carbocycles. The summed E-state index contributed by atoms with van der Waals surface area (Å²) in [5.41, 5.74) is -0.838. The van der Waals surface area contributed by atoms with Crippen molar-refractivity contribution in [2.24, 2.45) is 5.41 Å². The molecule has 1 N–H and O–H groups in total. The Labute approximate surface area is 92.3 Å². The van der Waals surface area contributed by atoms with E-state index >= 15 is 0 Å². The van der Waals surface area contributed by atoms with Gasteiger partial charge in [0.05, 0.1) is 0 Å². The molecule has 5 nitrogen and oxygen atoms in total. The molecule has 0 amide bonds. The van der Waals surface area contributed by atoms with Gasteiger partial charge in [0.2, 0.25) is 0 Å². The van der Waals surface area contributed by atoms with Crippen molar-refractivity contribution in [1.29, 1.82) is 5.26 Å². The minimum atomic E-state index is -0.606. The quantitative estimate of drug-likeness (QED) is 0.808. The van der Waals surface area contributed by atoms with Crippen molar-refractivity contribution in [3.63, 3.8) is 0 Å². The van der Waals surface area contributed by atoms with Crippen LogP contribution in [0.4, 0.5) is 0 Å². The Balaban J connectivity index is 2.39. The Bertz CT molecular complexity index is 558. The fraction of sp³-hybridized carbons (Fsp3) is 0.545. The summed E-state index contributed by atoms with van der Waals surface area (Å²) in [5, 5.41) is 8.72. The lowest BCUT2D eigenvalue weighted by molar-refractivity contribution is 0.397. The maximum absolute atomic E-state index is 11.5. The highest BCUT2D eigenvalue weighted by molar-refractivity contribution is 5.21. The molecule has 0 saturated heterocycles. The molecule has 0 unspecified atom stereocenters. The van der Waals surface area contributed by atoms with Crippen LogP contribution in [0.3, 0.4) is 0 Å². The lowest BCUT2D eigenvalue weighted by Crippen LogP contribution is -2.33. The van der Waals surface area contributed by atoms with Crippen LogP contribution in [0, 0.1) is 16.7 Å². The third-order valence-electron chi connectivity index (χ3n) is 3.34. The molecule has 1 fully saturated rings. The molecule has 0 bridgehead atoms. The van der Waals surface area contributed by atoms with E-state index < -0.39 is 11.2 Å². The minimum absolute atomic E-state index is 0.00787. The maximum atomic E-state index is 11.5. The van der Waals surface area contributed by atoms with E-state index in [1.54, 1.807) is 6.07 Å². The predicted octanol–water partition coefficient (Wildman–Crippen LogP) is 0.598. The average Bonchev–Trinajstić information content (AvgIpc) is 3.03. The van der Waals surface area contributed by atoms with Crippen LogP contribution < -0.4 is 11.2 Å². The molecule has 16 heavy (non-hydrogen) atoms. The summed E-state index contributed by atoms with van der Waals surface area (Å²) in [6.45, 7) is 2.68. The summed E-state index contributed by atoms with van der Waals surface area (Å²) in [5.74, 6) is 0. The van der Waals surface area contributed by atoms with Crippen LogP contribution in [0.1, 0.15) is 31.7 Å². The fourth-order valence-electron chi connectivity index (χ4n) is 1.87. The number of nitriles is 1. The van der Waals surface area contributed by atoms with Crippen LogP contribution in [0.5, 0.6) is 0 Å². The van der Waals surface area contributed by atoms with Gasteiger partial charge in [0.25, 0.3) is 5.56 Å². The zero-order valence-corrected chi connectivity index (χ0v) is 9.12. The highest BCUT2D eigenvalue weighted by atomic mass is 16.2. The van der Waals surface area contributed by atoms with Crippen LogP contribution >= 0.6 is 0 Å². The van der Waals surface area contributed by atoms with Gasteiger partial charge in [0.1, 0.15) is 11.6 Å². The van der Waals surface area contributed by atoms with E-state index in [0.29, 0.717) is 6.54 Å². The van der Waals surface area contributed by atoms with Crippen molar-refractivity contribution in [3.05, 3.63) is 32.6 Å². The second kappa shape index (κ2) is 3.63. The number of nitrogens with zero attached hydrogens (tertiary/aromatic N) is 2. The van der Waals surface area contributed by atoms with Crippen LogP contribution in [-0.2, 0) is 6.54 Å². The molecular weight excluding hydrogens is 206 g/mol. The first kappa shape index (κ1) is 10.7. The number of aromatic amines is 1. The molecule has 0 atom stereocenters. The summed E-state index contributed by atoms with van der Waals surface area (Å²) in [4.78, 5) is 24.9. The Morgan fingerprint density at radius 1 is 1.56 bits per heavy atom. The molecule has 84 valence electrons. The molecule has 1 heterocycles. The third-order valence-corrected chi connectivity index (χ3v) is 3.34. The van der Waals surface area contributed by atoms with Gasteiger partial charge in [-0.05, 0) is 24.7 Å². The van der Waals surface area contributed by atoms with Crippen LogP contribution in [0.15, 0.2) is 15.8 Å². The first-order chi connectivity index (χ1) is 7.60. The summed E-state index contributed by atoms with van der Waals surface area (Å²) >= 11 is 0. The number of aromatic nitrogens is 2. The highest BCUT2D eigenvalue weighted by Gasteiger charge is 2.41. The molecule has 1 aliphatic rings. The zero-order chi connectivity index (χ0) is 11.8. The Kier molecular flexibility index (Phi) is 2.43. The first-order valence-electron chi connectivity index (χ1n) is 5.34. The second-order valence-electron chi connectivity index (χ2n) is 4.40. The van der Waals surface area contributed by atoms with E-state index in [4.69, 9.17) is 5.26 Å². The number of hydrogen-bond acceptors (Lipinski definition) is 3. The van der Waals surface area contributed by atoms with E-state index in [9.17, 15) is 9.59 Å². The van der Waals surface area contributed by atoms with Gasteiger partial charge in [0, 0.05) is 12.7 Å². The molecule has 0 radical (unpaired) electrons. The van der Waals surface area contributed by atoms with Crippen molar-refractivity contribution in [2.45, 2.75) is 32.7 Å². The van der Waals surface area contributed by atoms with Gasteiger partial charge in [-0.1, -0.05) is 6.92 Å². The molecule has 1 aliphatic carbocycles. The number of nitrogens with one attached hydrogen (secondary N) is 1. The van der Waals surface area contributed by atoms with Crippen LogP contribution in [0.2, 0.25) is 0 Å². The largest absolute Gasteiger partial charge is 0.328 e. The van der Waals surface area contributed by atoms with Crippen molar-refractivity contribution >= 4 is 0 Å². The van der Waals surface area contributed by atoms with Crippen molar-refractivity contribution < 1.29 is 0 Å². The Morgan fingerprint density at radius 3 is 2.75 bits per heavy atom. The van der Waals surface area contributed by atoms with E-state index in [0.717, 1.165) is 19.3 Å². The number of hydrogen-bond donors (Lipinski definition) is 1. The monoisotopic (exact) mass is 219 g/mol. The van der Waals surface area contributed by atoms with Gasteiger partial charge < -0.3 is 0 Å². The zero-order valence-electron chi connectivity index (χ0n) is 9.12. The SMILES string of the molecule is CCC1(Cn2cc(C#N)c(=O)[nH]c2=O)CC1. The number of H-pyrrole nitrogens is 1. The fourth-order valence-corrected chi connectivity index (χ4v) is 1.87. The molecule has 0 aromatic carbocycles. The van der Waals surface area contributed by atoms with Gasteiger partial charge in [-0.2, -0.15) is 5.26 Å². The van der Waals surface area contributed by atoms with Crippen molar-refractivity contribution in [2.75, 3.05) is 0 Å². The standard InChI is InChI=1S/C11H13N3O2/c1-2-11(3-4-11)7-14-6-8(5-12)9(15)13-10(14)16/h6H,2-4,7H2,1H3,(H,13,15,16). The summed E-state index contributed by atoms with van der Waals surface area (Å²) in [6, 6.07) is 1.78. The Hall–Kier alpha value is -1.83. The van der Waals surface area contributed by atoms with Crippen molar-refractivity contribution in [1.82, 2.24) is 9.55 Å². The third kappa shape index (κ3) is 1.78. The van der Waals surface area contributed by atoms with Gasteiger partial charge in [-0.3, -0.25) is 14.3 Å². The Morgan fingerprint density at radius 2 is 2.25 bits per heavy atom. The second-order valence-corrected chi connectivity index (χ2v) is 4.40. The molecule has 0 spiro atoms. The molecule has 5 heteroatoms. The summed E-state index contributed by atoms with van der Waals surface area (Å²) in [7, 11) is 0. The normalized spacial score (nSPS) is 16.8. The van der Waals surface area contributed by atoms with Crippen molar-refractivity contribution in [3.8, 4) is 6.07 Å². The highest BCUT2D eigenvalue weighted by Crippen LogP contribution is 2.49. The molecule has 0 aliphatic heterocycles. The predicted molar refractivity (Wildman–Crippen MR) is 58.0 cm³/mol. The van der Waals surface area contributed by atoms with E-state index in [1.807, 2.05) is 0 Å². The first-order valence-corrected chi connectivity index (χ1v) is 5.34. The summed E-state index contributed by atoms with van der Waals surface area (Å²) < 4.78 is 1.44. The van der Waals surface area contributed by atoms with Gasteiger partial charge in [0.15, 0.2) is 0 Å². The lowest BCUT2D eigenvalue weighted by Gasteiger charge is -2.13. The lowest BCUT2D eigenvalue weighted by atomic mass is 10.0. The van der Waals surface area contributed by atoms with Gasteiger partial charge in [-0.25, -0.2) is 4.79 Å². The van der Waals surface area contributed by atoms with Crippen LogP contribution in [0.25, 0.3) is 0 Å². The van der Waals surface area contributed by atoms with E-state index in [2.05, 4.69) is 11.9 Å². The van der Waals surface area contributed by atoms with Gasteiger partial charge >= 0.3 is 5.69 Å². The molecule has 1 aromatic heterocycles. The topological polar surface area (TPSA) is 78.7 Å². The van der Waals surface area contributed by atoms with E-state index in [-0.39, 0.29) is 11.0 Å². The molecule has 1 aromatic rings. The average molecular weight is 219 g/mol. The molecule has 2 rings (SSSR count). The van der Waals surface area contributed by atoms with Crippen LogP contribution in [-0.4, -0.2) is 9.55 Å².